The van der Waals surface area contributed by atoms with E-state index in [9.17, 15) is 27.6 Å². The minimum Gasteiger partial charge on any atom is -0.326 e. The number of H-pyrrole nitrogens is 1. The van der Waals surface area contributed by atoms with Gasteiger partial charge in [-0.3, -0.25) is 19.4 Å². The topological polar surface area (TPSA) is 116 Å². The standard InChI is InChI=1S/C23H20F3N5O3/c1-11-6-7-16(12(2)8-11)28-20(33)15-10-17(32)29-19-18(15)21(34)31-22(30-19)27-14-5-3-4-13(9-14)23(24,25)26/h3-9,15H,10H2,1-2H3,(H,28,33)(H3,27,29,30,31,32,34)/t15-/m1/s1. The number of benzene rings is 2. The fourth-order valence-electron chi connectivity index (χ4n) is 3.74. The van der Waals surface area contributed by atoms with Crippen molar-refractivity contribution in [3.05, 3.63) is 75.1 Å². The van der Waals surface area contributed by atoms with Gasteiger partial charge in [-0.1, -0.05) is 23.8 Å². The largest absolute Gasteiger partial charge is 0.416 e. The fraction of sp³-hybridized carbons (Fsp3) is 0.217. The van der Waals surface area contributed by atoms with Gasteiger partial charge in [-0.15, -0.1) is 0 Å². The summed E-state index contributed by atoms with van der Waals surface area (Å²) in [6.45, 7) is 3.74. The van der Waals surface area contributed by atoms with E-state index in [2.05, 4.69) is 25.9 Å². The number of hydrogen-bond acceptors (Lipinski definition) is 5. The van der Waals surface area contributed by atoms with Crippen molar-refractivity contribution in [3.8, 4) is 0 Å². The van der Waals surface area contributed by atoms with Crippen LogP contribution in [0.5, 0.6) is 0 Å². The lowest BCUT2D eigenvalue weighted by molar-refractivity contribution is -0.137. The molecule has 11 heteroatoms. The van der Waals surface area contributed by atoms with Crippen LogP contribution in [0.25, 0.3) is 0 Å². The van der Waals surface area contributed by atoms with Gasteiger partial charge in [-0.05, 0) is 43.7 Å². The number of aromatic nitrogens is 2. The highest BCUT2D eigenvalue weighted by molar-refractivity contribution is 6.04. The number of fused-ring (bicyclic) bond motifs is 1. The number of rotatable bonds is 4. The molecule has 0 radical (unpaired) electrons. The summed E-state index contributed by atoms with van der Waals surface area (Å²) in [7, 11) is 0. The highest BCUT2D eigenvalue weighted by Gasteiger charge is 2.35. The van der Waals surface area contributed by atoms with Gasteiger partial charge >= 0.3 is 6.18 Å². The van der Waals surface area contributed by atoms with Crippen molar-refractivity contribution in [1.29, 1.82) is 0 Å². The Labute approximate surface area is 191 Å². The zero-order valence-corrected chi connectivity index (χ0v) is 18.1. The summed E-state index contributed by atoms with van der Waals surface area (Å²) in [4.78, 5) is 44.6. The molecule has 0 unspecified atom stereocenters. The number of nitrogens with zero attached hydrogens (tertiary/aromatic N) is 1. The molecule has 2 heterocycles. The molecule has 0 saturated carbocycles. The van der Waals surface area contributed by atoms with Gasteiger partial charge in [0.25, 0.3) is 5.56 Å². The van der Waals surface area contributed by atoms with Crippen LogP contribution in [0.4, 0.5) is 36.3 Å². The maximum Gasteiger partial charge on any atom is 0.416 e. The van der Waals surface area contributed by atoms with Crippen molar-refractivity contribution in [2.75, 3.05) is 16.0 Å². The molecule has 0 fully saturated rings. The van der Waals surface area contributed by atoms with Crippen LogP contribution in [0.2, 0.25) is 0 Å². The predicted molar refractivity (Wildman–Crippen MR) is 120 cm³/mol. The van der Waals surface area contributed by atoms with E-state index in [-0.39, 0.29) is 29.4 Å². The number of carbonyl (C=O) groups excluding carboxylic acids is 2. The van der Waals surface area contributed by atoms with E-state index in [1.54, 1.807) is 6.07 Å². The maximum absolute atomic E-state index is 13.0. The zero-order valence-electron chi connectivity index (χ0n) is 18.1. The van der Waals surface area contributed by atoms with Crippen molar-refractivity contribution in [2.45, 2.75) is 32.4 Å². The number of aromatic amines is 1. The third-order valence-corrected chi connectivity index (χ3v) is 5.36. The number of amides is 2. The summed E-state index contributed by atoms with van der Waals surface area (Å²) in [6, 6.07) is 9.79. The van der Waals surface area contributed by atoms with Crippen LogP contribution >= 0.6 is 0 Å². The lowest BCUT2D eigenvalue weighted by atomic mass is 9.92. The molecule has 4 rings (SSSR count). The molecule has 8 nitrogen and oxygen atoms in total. The van der Waals surface area contributed by atoms with Gasteiger partial charge in [-0.2, -0.15) is 18.2 Å². The summed E-state index contributed by atoms with van der Waals surface area (Å²) >= 11 is 0. The SMILES string of the molecule is Cc1ccc(NC(=O)[C@@H]2CC(=O)Nc3nc(Nc4cccc(C(F)(F)F)c4)[nH]c(=O)c32)c(C)c1. The summed E-state index contributed by atoms with van der Waals surface area (Å²) in [5.41, 5.74) is 0.811. The van der Waals surface area contributed by atoms with Crippen LogP contribution < -0.4 is 21.5 Å². The number of nitrogens with one attached hydrogen (secondary N) is 4. The molecule has 0 bridgehead atoms. The molecule has 1 aliphatic heterocycles. The average molecular weight is 471 g/mol. The Kier molecular flexibility index (Phi) is 5.86. The summed E-state index contributed by atoms with van der Waals surface area (Å²) < 4.78 is 38.9. The first kappa shape index (κ1) is 23.0. The Morgan fingerprint density at radius 2 is 1.88 bits per heavy atom. The smallest absolute Gasteiger partial charge is 0.326 e. The molecular weight excluding hydrogens is 451 g/mol. The van der Waals surface area contributed by atoms with Crippen molar-refractivity contribution in [3.63, 3.8) is 0 Å². The van der Waals surface area contributed by atoms with Gasteiger partial charge in [0.15, 0.2) is 0 Å². The van der Waals surface area contributed by atoms with Gasteiger partial charge in [0, 0.05) is 17.8 Å². The van der Waals surface area contributed by atoms with E-state index < -0.39 is 35.0 Å². The van der Waals surface area contributed by atoms with Crippen LogP contribution in [0.1, 0.15) is 34.6 Å². The van der Waals surface area contributed by atoms with Crippen molar-refractivity contribution in [1.82, 2.24) is 9.97 Å². The molecule has 1 atom stereocenters. The zero-order chi connectivity index (χ0) is 24.6. The van der Waals surface area contributed by atoms with Gasteiger partial charge < -0.3 is 16.0 Å². The number of alkyl halides is 3. The highest BCUT2D eigenvalue weighted by atomic mass is 19.4. The molecule has 0 saturated heterocycles. The van der Waals surface area contributed by atoms with E-state index in [0.717, 1.165) is 23.3 Å². The Hall–Kier alpha value is -4.15. The number of aryl methyl sites for hydroxylation is 2. The van der Waals surface area contributed by atoms with E-state index in [4.69, 9.17) is 0 Å². The highest BCUT2D eigenvalue weighted by Crippen LogP contribution is 2.33. The van der Waals surface area contributed by atoms with Crippen LogP contribution in [0.15, 0.2) is 47.3 Å². The van der Waals surface area contributed by atoms with E-state index in [1.807, 2.05) is 26.0 Å². The Morgan fingerprint density at radius 3 is 2.59 bits per heavy atom. The maximum atomic E-state index is 13.0. The quantitative estimate of drug-likeness (QED) is 0.455. The summed E-state index contributed by atoms with van der Waals surface area (Å²) in [5.74, 6) is -2.47. The van der Waals surface area contributed by atoms with Crippen LogP contribution in [-0.4, -0.2) is 21.8 Å². The molecular formula is C23H20F3N5O3. The lowest BCUT2D eigenvalue weighted by Gasteiger charge is -2.24. The summed E-state index contributed by atoms with van der Waals surface area (Å²) in [5, 5.41) is 7.81. The number of hydrogen-bond donors (Lipinski definition) is 4. The first-order valence-electron chi connectivity index (χ1n) is 10.3. The second kappa shape index (κ2) is 8.65. The molecule has 4 N–H and O–H groups in total. The van der Waals surface area contributed by atoms with Gasteiger partial charge in [0.1, 0.15) is 5.82 Å². The normalized spacial score (nSPS) is 15.3. The minimum absolute atomic E-state index is 0.0311. The molecule has 176 valence electrons. The third-order valence-electron chi connectivity index (χ3n) is 5.36. The van der Waals surface area contributed by atoms with Crippen LogP contribution in [0.3, 0.4) is 0 Å². The number of anilines is 4. The molecule has 0 aliphatic carbocycles. The molecule has 2 amide bonds. The predicted octanol–water partition coefficient (Wildman–Crippen LogP) is 4.21. The van der Waals surface area contributed by atoms with E-state index in [0.29, 0.717) is 5.69 Å². The second-order valence-electron chi connectivity index (χ2n) is 7.99. The molecule has 1 aromatic heterocycles. The van der Waals surface area contributed by atoms with Crippen molar-refractivity contribution >= 4 is 35.0 Å². The Morgan fingerprint density at radius 1 is 1.12 bits per heavy atom. The molecule has 3 aromatic rings. The second-order valence-corrected chi connectivity index (χ2v) is 7.99. The monoisotopic (exact) mass is 471 g/mol. The van der Waals surface area contributed by atoms with Crippen molar-refractivity contribution < 1.29 is 22.8 Å². The number of carbonyl (C=O) groups is 2. The first-order valence-corrected chi connectivity index (χ1v) is 10.3. The molecule has 34 heavy (non-hydrogen) atoms. The lowest BCUT2D eigenvalue weighted by Crippen LogP contribution is -2.36. The molecule has 1 aliphatic rings. The fourth-order valence-corrected chi connectivity index (χ4v) is 3.74. The third kappa shape index (κ3) is 4.77. The van der Waals surface area contributed by atoms with Gasteiger partial charge in [0.2, 0.25) is 17.8 Å². The molecule has 0 spiro atoms. The van der Waals surface area contributed by atoms with E-state index >= 15 is 0 Å². The van der Waals surface area contributed by atoms with Gasteiger partial charge in [0.05, 0.1) is 17.0 Å². The first-order chi connectivity index (χ1) is 16.0. The van der Waals surface area contributed by atoms with Crippen molar-refractivity contribution in [2.24, 2.45) is 0 Å². The summed E-state index contributed by atoms with van der Waals surface area (Å²) in [6.07, 6.45) is -4.80. The van der Waals surface area contributed by atoms with E-state index in [1.165, 1.54) is 12.1 Å². The minimum atomic E-state index is -4.54. The van der Waals surface area contributed by atoms with Crippen LogP contribution in [0, 0.1) is 13.8 Å². The number of halogens is 3. The Bertz CT molecular complexity index is 1350. The van der Waals surface area contributed by atoms with Crippen LogP contribution in [-0.2, 0) is 15.8 Å². The van der Waals surface area contributed by atoms with Gasteiger partial charge in [-0.25, -0.2) is 0 Å². The average Bonchev–Trinajstić information content (AvgIpc) is 2.74. The Balaban J connectivity index is 1.63. The molecule has 2 aromatic carbocycles.